The number of methoxy groups -OCH3 is 1. The number of esters is 2. The molecule has 0 bridgehead atoms. The molecule has 8 heteroatoms. The summed E-state index contributed by atoms with van der Waals surface area (Å²) >= 11 is 0. The molecule has 0 amide bonds. The monoisotopic (exact) mass is 445 g/mol. The highest BCUT2D eigenvalue weighted by Gasteiger charge is 2.48. The van der Waals surface area contributed by atoms with Gasteiger partial charge < -0.3 is 23.9 Å². The number of dihydropyridines is 1. The molecule has 0 saturated heterocycles. The summed E-state index contributed by atoms with van der Waals surface area (Å²) in [5, 5.41) is 3.22. The molecular formula is C24H31NO7. The molecule has 0 aromatic carbocycles. The van der Waals surface area contributed by atoms with Gasteiger partial charge in [0.25, 0.3) is 0 Å². The van der Waals surface area contributed by atoms with Crippen molar-refractivity contribution in [2.45, 2.75) is 53.1 Å². The van der Waals surface area contributed by atoms with Crippen LogP contribution in [0.15, 0.2) is 39.1 Å². The van der Waals surface area contributed by atoms with Crippen LogP contribution in [0.1, 0.15) is 51.6 Å². The third kappa shape index (κ3) is 4.65. The van der Waals surface area contributed by atoms with Crippen LogP contribution >= 0.6 is 0 Å². The number of carbonyl (C=O) groups excluding carboxylic acids is 3. The summed E-state index contributed by atoms with van der Waals surface area (Å²) in [5.41, 5.74) is 1.92. The molecule has 3 rings (SSSR count). The standard InChI is InChI=1S/C24H31NO7/c1-12(2)30-9-10-31-24(28)19-15(5)25-16-11-13(3)18(23(27)29-6)22(26)20(16)21(19)17-8-7-14(4)32-17/h7-8,12-13,18,21,25H,9-11H2,1-6H3/t13-,18-,21-/m0/s1. The van der Waals surface area contributed by atoms with Crippen molar-refractivity contribution in [1.29, 1.82) is 0 Å². The van der Waals surface area contributed by atoms with Crippen molar-refractivity contribution in [1.82, 2.24) is 5.32 Å². The minimum absolute atomic E-state index is 0.0228. The number of furan rings is 1. The Morgan fingerprint density at radius 3 is 2.53 bits per heavy atom. The molecule has 1 N–H and O–H groups in total. The molecule has 8 nitrogen and oxygen atoms in total. The molecule has 1 aromatic rings. The van der Waals surface area contributed by atoms with Gasteiger partial charge in [0, 0.05) is 17.0 Å². The second-order valence-electron chi connectivity index (χ2n) is 8.54. The van der Waals surface area contributed by atoms with E-state index >= 15 is 0 Å². The van der Waals surface area contributed by atoms with E-state index in [1.807, 2.05) is 20.8 Å². The van der Waals surface area contributed by atoms with E-state index in [0.717, 1.165) is 0 Å². The Hall–Kier alpha value is -2.87. The fraction of sp³-hybridized carbons (Fsp3) is 0.542. The Bertz CT molecular complexity index is 969. The van der Waals surface area contributed by atoms with Crippen LogP contribution < -0.4 is 5.32 Å². The van der Waals surface area contributed by atoms with Crippen molar-refractivity contribution in [2.24, 2.45) is 11.8 Å². The number of hydrogen-bond acceptors (Lipinski definition) is 8. The van der Waals surface area contributed by atoms with Crippen LogP contribution in [0.3, 0.4) is 0 Å². The van der Waals surface area contributed by atoms with E-state index in [1.165, 1.54) is 7.11 Å². The van der Waals surface area contributed by atoms with Gasteiger partial charge in [0.05, 0.1) is 31.3 Å². The third-order valence-electron chi connectivity index (χ3n) is 5.78. The molecule has 1 aromatic heterocycles. The number of ether oxygens (including phenoxy) is 3. The fourth-order valence-corrected chi connectivity index (χ4v) is 4.34. The van der Waals surface area contributed by atoms with Gasteiger partial charge in [-0.15, -0.1) is 0 Å². The quantitative estimate of drug-likeness (QED) is 0.388. The average Bonchev–Trinajstić information content (AvgIpc) is 3.15. The minimum Gasteiger partial charge on any atom is -0.468 e. The molecule has 0 unspecified atom stereocenters. The van der Waals surface area contributed by atoms with Gasteiger partial charge in [-0.3, -0.25) is 9.59 Å². The number of nitrogens with one attached hydrogen (secondary N) is 1. The molecule has 1 aliphatic heterocycles. The molecule has 3 atom stereocenters. The summed E-state index contributed by atoms with van der Waals surface area (Å²) in [6.45, 7) is 9.55. The van der Waals surface area contributed by atoms with Crippen LogP contribution in [-0.4, -0.2) is 44.1 Å². The van der Waals surface area contributed by atoms with Crippen LogP contribution in [-0.2, 0) is 28.6 Å². The molecule has 2 heterocycles. The number of ketones is 1. The number of rotatable bonds is 7. The second-order valence-corrected chi connectivity index (χ2v) is 8.54. The summed E-state index contributed by atoms with van der Waals surface area (Å²) in [7, 11) is 1.27. The van der Waals surface area contributed by atoms with Gasteiger partial charge in [0.2, 0.25) is 0 Å². The third-order valence-corrected chi connectivity index (χ3v) is 5.78. The van der Waals surface area contributed by atoms with E-state index in [9.17, 15) is 14.4 Å². The SMILES string of the molecule is COC(=O)[C@@H]1C(=O)C2=C(C[C@@H]1C)NC(C)=C(C(=O)OCCOC(C)C)[C@@H]2c1ccc(C)o1. The van der Waals surface area contributed by atoms with Crippen molar-refractivity contribution in [2.75, 3.05) is 20.3 Å². The molecule has 0 saturated carbocycles. The fourth-order valence-electron chi connectivity index (χ4n) is 4.34. The normalized spacial score (nSPS) is 23.2. The van der Waals surface area contributed by atoms with Gasteiger partial charge in [0.15, 0.2) is 5.78 Å². The van der Waals surface area contributed by atoms with Crippen molar-refractivity contribution in [3.05, 3.63) is 46.2 Å². The Labute approximate surface area is 188 Å². The summed E-state index contributed by atoms with van der Waals surface area (Å²) < 4.78 is 21.7. The van der Waals surface area contributed by atoms with E-state index in [-0.39, 0.29) is 36.6 Å². The lowest BCUT2D eigenvalue weighted by molar-refractivity contribution is -0.151. The maximum Gasteiger partial charge on any atom is 0.336 e. The van der Waals surface area contributed by atoms with Crippen molar-refractivity contribution < 1.29 is 33.0 Å². The molecule has 0 radical (unpaired) electrons. The molecule has 174 valence electrons. The van der Waals surface area contributed by atoms with Gasteiger partial charge in [-0.25, -0.2) is 4.79 Å². The lowest BCUT2D eigenvalue weighted by atomic mass is 9.70. The Balaban J connectivity index is 2.00. The summed E-state index contributed by atoms with van der Waals surface area (Å²) in [5.74, 6) is -2.35. The van der Waals surface area contributed by atoms with E-state index in [4.69, 9.17) is 18.6 Å². The molecule has 0 spiro atoms. The van der Waals surface area contributed by atoms with Crippen LogP contribution in [0.2, 0.25) is 0 Å². The zero-order valence-electron chi connectivity index (χ0n) is 19.4. The molecule has 1 aliphatic carbocycles. The zero-order chi connectivity index (χ0) is 23.6. The topological polar surface area (TPSA) is 104 Å². The maximum atomic E-state index is 13.5. The summed E-state index contributed by atoms with van der Waals surface area (Å²) in [6, 6.07) is 3.52. The van der Waals surface area contributed by atoms with Crippen LogP contribution in [0.25, 0.3) is 0 Å². The van der Waals surface area contributed by atoms with Crippen LogP contribution in [0.5, 0.6) is 0 Å². The van der Waals surface area contributed by atoms with Crippen LogP contribution in [0, 0.1) is 18.8 Å². The lowest BCUT2D eigenvalue weighted by Gasteiger charge is -2.37. The smallest absolute Gasteiger partial charge is 0.336 e. The number of Topliss-reactive ketones (excluding diaryl/α,β-unsaturated/α-hetero) is 1. The predicted molar refractivity (Wildman–Crippen MR) is 115 cm³/mol. The first-order chi connectivity index (χ1) is 15.1. The number of hydrogen-bond donors (Lipinski definition) is 1. The first-order valence-corrected chi connectivity index (χ1v) is 10.8. The second kappa shape index (κ2) is 9.73. The van der Waals surface area contributed by atoms with Gasteiger partial charge in [-0.1, -0.05) is 6.92 Å². The summed E-state index contributed by atoms with van der Waals surface area (Å²) in [4.78, 5) is 39.0. The maximum absolute atomic E-state index is 13.5. The highest BCUT2D eigenvalue weighted by Crippen LogP contribution is 2.45. The van der Waals surface area contributed by atoms with Gasteiger partial charge in [-0.05, 0) is 52.2 Å². The predicted octanol–water partition coefficient (Wildman–Crippen LogP) is 3.17. The van der Waals surface area contributed by atoms with Gasteiger partial charge >= 0.3 is 11.9 Å². The molecule has 0 fully saturated rings. The molecular weight excluding hydrogens is 414 g/mol. The molecule has 2 aliphatic rings. The van der Waals surface area contributed by atoms with Gasteiger partial charge in [-0.2, -0.15) is 0 Å². The largest absolute Gasteiger partial charge is 0.468 e. The van der Waals surface area contributed by atoms with Crippen molar-refractivity contribution in [3.63, 3.8) is 0 Å². The van der Waals surface area contributed by atoms with Crippen molar-refractivity contribution in [3.8, 4) is 0 Å². The van der Waals surface area contributed by atoms with E-state index in [1.54, 1.807) is 26.0 Å². The zero-order valence-corrected chi connectivity index (χ0v) is 19.4. The first kappa shape index (κ1) is 23.8. The Morgan fingerprint density at radius 2 is 1.94 bits per heavy atom. The van der Waals surface area contributed by atoms with E-state index in [2.05, 4.69) is 5.32 Å². The van der Waals surface area contributed by atoms with E-state index < -0.39 is 23.8 Å². The minimum atomic E-state index is -0.936. The molecule has 32 heavy (non-hydrogen) atoms. The van der Waals surface area contributed by atoms with Crippen LogP contribution in [0.4, 0.5) is 0 Å². The summed E-state index contributed by atoms with van der Waals surface area (Å²) in [6.07, 6.45) is 0.494. The van der Waals surface area contributed by atoms with Crippen molar-refractivity contribution >= 4 is 17.7 Å². The van der Waals surface area contributed by atoms with Gasteiger partial charge in [0.1, 0.15) is 24.0 Å². The highest BCUT2D eigenvalue weighted by molar-refractivity contribution is 6.12. The average molecular weight is 446 g/mol. The number of carbonyl (C=O) groups is 3. The Morgan fingerprint density at radius 1 is 1.22 bits per heavy atom. The van der Waals surface area contributed by atoms with E-state index in [0.29, 0.717) is 34.9 Å². The lowest BCUT2D eigenvalue weighted by Crippen LogP contribution is -2.43. The Kier molecular flexibility index (Phi) is 7.23. The number of allylic oxidation sites excluding steroid dienone is 3. The highest BCUT2D eigenvalue weighted by atomic mass is 16.6. The number of aryl methyl sites for hydroxylation is 1. The first-order valence-electron chi connectivity index (χ1n) is 10.8.